The largest absolute Gasteiger partial charge is 0.373 e. The van der Waals surface area contributed by atoms with Crippen molar-refractivity contribution >= 4 is 5.69 Å². The summed E-state index contributed by atoms with van der Waals surface area (Å²) in [4.78, 5) is 6.42. The van der Waals surface area contributed by atoms with E-state index in [4.69, 9.17) is 5.73 Å². The van der Waals surface area contributed by atoms with E-state index in [1.807, 2.05) is 26.1 Å². The monoisotopic (exact) mass is 193 g/mol. The molecule has 3 heteroatoms. The number of anilines is 1. The lowest BCUT2D eigenvalue weighted by Gasteiger charge is -2.23. The number of pyridine rings is 1. The predicted molar refractivity (Wildman–Crippen MR) is 60.6 cm³/mol. The lowest BCUT2D eigenvalue weighted by molar-refractivity contribution is 0.716. The fraction of sp³-hybridized carbons (Fsp3) is 0.545. The third-order valence-corrected chi connectivity index (χ3v) is 2.40. The number of aryl methyl sites for hydroxylation is 1. The van der Waals surface area contributed by atoms with Crippen molar-refractivity contribution in [3.8, 4) is 0 Å². The molecule has 14 heavy (non-hydrogen) atoms. The standard InChI is InChI=1S/C11H19N3/c1-8(12)7-14(4)11-5-6-13-10(3)9(11)2/h5-6,8H,7,12H2,1-4H3. The van der Waals surface area contributed by atoms with Crippen molar-refractivity contribution in [2.75, 3.05) is 18.5 Å². The summed E-state index contributed by atoms with van der Waals surface area (Å²) in [7, 11) is 2.06. The molecule has 1 unspecified atom stereocenters. The van der Waals surface area contributed by atoms with Gasteiger partial charge in [0.1, 0.15) is 0 Å². The molecule has 0 amide bonds. The zero-order valence-electron chi connectivity index (χ0n) is 9.41. The molecular formula is C11H19N3. The summed E-state index contributed by atoms with van der Waals surface area (Å²) in [6.07, 6.45) is 1.84. The van der Waals surface area contributed by atoms with E-state index in [2.05, 4.69) is 23.9 Å². The van der Waals surface area contributed by atoms with Gasteiger partial charge in [0, 0.05) is 37.2 Å². The number of aromatic nitrogens is 1. The second-order valence-corrected chi connectivity index (χ2v) is 3.90. The summed E-state index contributed by atoms with van der Waals surface area (Å²) in [6, 6.07) is 2.22. The molecule has 0 aliphatic carbocycles. The molecule has 1 aromatic rings. The van der Waals surface area contributed by atoms with Gasteiger partial charge in [-0.3, -0.25) is 4.98 Å². The number of nitrogens with zero attached hydrogens (tertiary/aromatic N) is 2. The SMILES string of the molecule is Cc1nccc(N(C)CC(C)N)c1C. The summed E-state index contributed by atoms with van der Waals surface area (Å²) in [5.41, 5.74) is 9.29. The molecule has 0 bridgehead atoms. The summed E-state index contributed by atoms with van der Waals surface area (Å²) >= 11 is 0. The maximum atomic E-state index is 5.76. The van der Waals surface area contributed by atoms with E-state index < -0.39 is 0 Å². The summed E-state index contributed by atoms with van der Waals surface area (Å²) in [6.45, 7) is 7.00. The first-order chi connectivity index (χ1) is 6.52. The Morgan fingerprint density at radius 3 is 2.71 bits per heavy atom. The van der Waals surface area contributed by atoms with Gasteiger partial charge in [0.25, 0.3) is 0 Å². The topological polar surface area (TPSA) is 42.2 Å². The van der Waals surface area contributed by atoms with Gasteiger partial charge in [-0.05, 0) is 32.4 Å². The third-order valence-electron chi connectivity index (χ3n) is 2.40. The van der Waals surface area contributed by atoms with Gasteiger partial charge in [-0.1, -0.05) is 0 Å². The Morgan fingerprint density at radius 1 is 1.50 bits per heavy atom. The maximum absolute atomic E-state index is 5.76. The van der Waals surface area contributed by atoms with Crippen LogP contribution in [0.1, 0.15) is 18.2 Å². The molecule has 0 radical (unpaired) electrons. The molecule has 2 N–H and O–H groups in total. The highest BCUT2D eigenvalue weighted by Crippen LogP contribution is 2.19. The number of nitrogens with two attached hydrogens (primary N) is 1. The summed E-state index contributed by atoms with van der Waals surface area (Å²) in [5, 5.41) is 0. The first-order valence-electron chi connectivity index (χ1n) is 4.91. The van der Waals surface area contributed by atoms with E-state index in [-0.39, 0.29) is 6.04 Å². The Kier molecular flexibility index (Phi) is 3.47. The highest BCUT2D eigenvalue weighted by molar-refractivity contribution is 5.53. The molecule has 1 atom stereocenters. The van der Waals surface area contributed by atoms with Crippen LogP contribution < -0.4 is 10.6 Å². The quantitative estimate of drug-likeness (QED) is 0.790. The highest BCUT2D eigenvalue weighted by atomic mass is 15.1. The summed E-state index contributed by atoms with van der Waals surface area (Å²) < 4.78 is 0. The van der Waals surface area contributed by atoms with Gasteiger partial charge in [-0.2, -0.15) is 0 Å². The first-order valence-corrected chi connectivity index (χ1v) is 4.91. The molecule has 0 saturated heterocycles. The van der Waals surface area contributed by atoms with Crippen molar-refractivity contribution in [3.63, 3.8) is 0 Å². The average Bonchev–Trinajstić information content (AvgIpc) is 2.08. The van der Waals surface area contributed by atoms with Crippen LogP contribution in [0.15, 0.2) is 12.3 Å². The zero-order valence-corrected chi connectivity index (χ0v) is 9.41. The molecule has 0 spiro atoms. The minimum atomic E-state index is 0.188. The van der Waals surface area contributed by atoms with E-state index in [0.29, 0.717) is 0 Å². The van der Waals surface area contributed by atoms with E-state index >= 15 is 0 Å². The van der Waals surface area contributed by atoms with Crippen molar-refractivity contribution in [2.45, 2.75) is 26.8 Å². The normalized spacial score (nSPS) is 12.6. The van der Waals surface area contributed by atoms with E-state index in [1.165, 1.54) is 11.3 Å². The number of likely N-dealkylation sites (N-methyl/N-ethyl adjacent to an activating group) is 1. The molecule has 3 nitrogen and oxygen atoms in total. The predicted octanol–water partition coefficient (Wildman–Crippen LogP) is 1.48. The van der Waals surface area contributed by atoms with Crippen molar-refractivity contribution < 1.29 is 0 Å². The van der Waals surface area contributed by atoms with Crippen LogP contribution in [0, 0.1) is 13.8 Å². The molecule has 1 heterocycles. The van der Waals surface area contributed by atoms with Crippen LogP contribution in [0.3, 0.4) is 0 Å². The van der Waals surface area contributed by atoms with E-state index in [0.717, 1.165) is 12.2 Å². The minimum absolute atomic E-state index is 0.188. The molecule has 0 aliphatic heterocycles. The second kappa shape index (κ2) is 4.42. The van der Waals surface area contributed by atoms with Crippen LogP contribution >= 0.6 is 0 Å². The number of hydrogen-bond acceptors (Lipinski definition) is 3. The van der Waals surface area contributed by atoms with Crippen molar-refractivity contribution in [3.05, 3.63) is 23.5 Å². The van der Waals surface area contributed by atoms with Gasteiger partial charge in [-0.25, -0.2) is 0 Å². The molecule has 1 rings (SSSR count). The second-order valence-electron chi connectivity index (χ2n) is 3.90. The van der Waals surface area contributed by atoms with Crippen molar-refractivity contribution in [1.29, 1.82) is 0 Å². The van der Waals surface area contributed by atoms with Crippen LogP contribution in [0.2, 0.25) is 0 Å². The van der Waals surface area contributed by atoms with Crippen LogP contribution in [0.4, 0.5) is 5.69 Å². The third kappa shape index (κ3) is 2.45. The lowest BCUT2D eigenvalue weighted by atomic mass is 10.1. The number of rotatable bonds is 3. The maximum Gasteiger partial charge on any atom is 0.0427 e. The smallest absolute Gasteiger partial charge is 0.0427 e. The Hall–Kier alpha value is -1.09. The van der Waals surface area contributed by atoms with E-state index in [1.54, 1.807) is 0 Å². The summed E-state index contributed by atoms with van der Waals surface area (Å²) in [5.74, 6) is 0. The zero-order chi connectivity index (χ0) is 10.7. The van der Waals surface area contributed by atoms with Crippen LogP contribution in [-0.2, 0) is 0 Å². The fourth-order valence-electron chi connectivity index (χ4n) is 1.57. The molecule has 0 aliphatic rings. The minimum Gasteiger partial charge on any atom is -0.373 e. The Labute approximate surface area is 85.9 Å². The Morgan fingerprint density at radius 2 is 2.14 bits per heavy atom. The average molecular weight is 193 g/mol. The van der Waals surface area contributed by atoms with Crippen molar-refractivity contribution in [2.24, 2.45) is 5.73 Å². The number of hydrogen-bond donors (Lipinski definition) is 1. The molecule has 0 aromatic carbocycles. The highest BCUT2D eigenvalue weighted by Gasteiger charge is 2.07. The molecule has 0 fully saturated rings. The van der Waals surface area contributed by atoms with Gasteiger partial charge in [0.15, 0.2) is 0 Å². The van der Waals surface area contributed by atoms with Gasteiger partial charge < -0.3 is 10.6 Å². The van der Waals surface area contributed by atoms with Gasteiger partial charge in [0.2, 0.25) is 0 Å². The van der Waals surface area contributed by atoms with E-state index in [9.17, 15) is 0 Å². The van der Waals surface area contributed by atoms with Crippen LogP contribution in [0.5, 0.6) is 0 Å². The van der Waals surface area contributed by atoms with Crippen molar-refractivity contribution in [1.82, 2.24) is 4.98 Å². The van der Waals surface area contributed by atoms with Gasteiger partial charge >= 0.3 is 0 Å². The van der Waals surface area contributed by atoms with Gasteiger partial charge in [-0.15, -0.1) is 0 Å². The molecule has 0 saturated carbocycles. The first kappa shape index (κ1) is 11.0. The fourth-order valence-corrected chi connectivity index (χ4v) is 1.57. The molecule has 1 aromatic heterocycles. The molecular weight excluding hydrogens is 174 g/mol. The van der Waals surface area contributed by atoms with Crippen LogP contribution in [0.25, 0.3) is 0 Å². The molecule has 78 valence electrons. The van der Waals surface area contributed by atoms with Gasteiger partial charge in [0.05, 0.1) is 0 Å². The lowest BCUT2D eigenvalue weighted by Crippen LogP contribution is -2.33. The van der Waals surface area contributed by atoms with Crippen LogP contribution in [-0.4, -0.2) is 24.6 Å². The Bertz CT molecular complexity index is 307. The Balaban J connectivity index is 2.89.